The molecule has 1 fully saturated rings. The van der Waals surface area contributed by atoms with E-state index in [9.17, 15) is 4.79 Å². The van der Waals surface area contributed by atoms with E-state index < -0.39 is 0 Å². The Hall–Kier alpha value is -1.66. The maximum atomic E-state index is 12.2. The van der Waals surface area contributed by atoms with Crippen LogP contribution in [0.2, 0.25) is 0 Å². The van der Waals surface area contributed by atoms with Crippen LogP contribution in [-0.4, -0.2) is 34.8 Å². The van der Waals surface area contributed by atoms with Gasteiger partial charge in [0.2, 0.25) is 0 Å². The van der Waals surface area contributed by atoms with Crippen molar-refractivity contribution < 1.29 is 4.79 Å². The molecule has 1 atom stereocenters. The molecular weight excluding hydrogens is 356 g/mol. The molecule has 1 aliphatic heterocycles. The Bertz CT molecular complexity index is 702. The number of halogens is 1. The number of carbonyl (C=O) groups is 1. The summed E-state index contributed by atoms with van der Waals surface area (Å²) in [5, 5.41) is 10.9. The number of rotatable bonds is 4. The second-order valence-corrected chi connectivity index (χ2v) is 6.74. The van der Waals surface area contributed by atoms with Crippen LogP contribution in [-0.2, 0) is 0 Å². The first-order valence-electron chi connectivity index (χ1n) is 7.90. The Kier molecular flexibility index (Phi) is 4.82. The van der Waals surface area contributed by atoms with E-state index in [0.717, 1.165) is 34.5 Å². The molecule has 2 aromatic rings. The fourth-order valence-electron chi connectivity index (χ4n) is 2.88. The molecule has 5 nitrogen and oxygen atoms in total. The number of hydrogen-bond acceptors (Lipinski definition) is 3. The van der Waals surface area contributed by atoms with E-state index in [1.807, 2.05) is 42.8 Å². The minimum absolute atomic E-state index is 0.0280. The predicted octanol–water partition coefficient (Wildman–Crippen LogP) is 2.73. The highest BCUT2D eigenvalue weighted by atomic mass is 79.9. The van der Waals surface area contributed by atoms with Crippen LogP contribution in [0.15, 0.2) is 28.7 Å². The van der Waals surface area contributed by atoms with Crippen molar-refractivity contribution in [2.24, 2.45) is 0 Å². The van der Waals surface area contributed by atoms with Crippen LogP contribution in [0.1, 0.15) is 34.6 Å². The van der Waals surface area contributed by atoms with Crippen molar-refractivity contribution in [2.75, 3.05) is 13.1 Å². The number of aryl methyl sites for hydroxylation is 1. The number of amides is 1. The van der Waals surface area contributed by atoms with Crippen LogP contribution in [0.4, 0.5) is 0 Å². The molecular formula is C17H21BrN4O. The van der Waals surface area contributed by atoms with Gasteiger partial charge in [0.25, 0.3) is 5.91 Å². The predicted molar refractivity (Wildman–Crippen MR) is 94.1 cm³/mol. The van der Waals surface area contributed by atoms with Gasteiger partial charge in [0, 0.05) is 18.2 Å². The van der Waals surface area contributed by atoms with E-state index in [1.54, 1.807) is 0 Å². The lowest BCUT2D eigenvalue weighted by atomic mass is 10.1. The van der Waals surface area contributed by atoms with E-state index in [0.29, 0.717) is 18.2 Å². The Morgan fingerprint density at radius 2 is 2.13 bits per heavy atom. The highest BCUT2D eigenvalue weighted by Crippen LogP contribution is 2.23. The highest BCUT2D eigenvalue weighted by Gasteiger charge is 2.15. The van der Waals surface area contributed by atoms with Gasteiger partial charge in [-0.3, -0.25) is 4.79 Å². The van der Waals surface area contributed by atoms with Gasteiger partial charge >= 0.3 is 0 Å². The Morgan fingerprint density at radius 3 is 2.70 bits per heavy atom. The van der Waals surface area contributed by atoms with Crippen LogP contribution >= 0.6 is 15.9 Å². The summed E-state index contributed by atoms with van der Waals surface area (Å²) in [7, 11) is 0. The Labute approximate surface area is 144 Å². The molecule has 2 N–H and O–H groups in total. The van der Waals surface area contributed by atoms with Gasteiger partial charge in [0.1, 0.15) is 0 Å². The van der Waals surface area contributed by atoms with Gasteiger partial charge in [-0.1, -0.05) is 0 Å². The molecule has 1 aromatic carbocycles. The maximum Gasteiger partial charge on any atom is 0.251 e. The molecule has 0 bridgehead atoms. The van der Waals surface area contributed by atoms with Crippen LogP contribution < -0.4 is 10.6 Å². The van der Waals surface area contributed by atoms with Crippen molar-refractivity contribution in [1.82, 2.24) is 20.4 Å². The summed E-state index contributed by atoms with van der Waals surface area (Å²) in [5.74, 6) is -0.0280. The topological polar surface area (TPSA) is 59.0 Å². The average molecular weight is 377 g/mol. The molecule has 0 saturated carbocycles. The quantitative estimate of drug-likeness (QED) is 0.862. The number of carbonyl (C=O) groups excluding carboxylic acids is 1. The molecule has 1 saturated heterocycles. The molecule has 0 radical (unpaired) electrons. The fraction of sp³-hybridized carbons (Fsp3) is 0.412. The van der Waals surface area contributed by atoms with E-state index in [4.69, 9.17) is 0 Å². The fourth-order valence-corrected chi connectivity index (χ4v) is 3.13. The largest absolute Gasteiger partial charge is 0.350 e. The SMILES string of the molecule is Cc1nn(-c2ccc(C(=O)NCC3CCCN3)cc2)c(C)c1Br. The van der Waals surface area contributed by atoms with Crippen molar-refractivity contribution in [2.45, 2.75) is 32.7 Å². The smallest absolute Gasteiger partial charge is 0.251 e. The summed E-state index contributed by atoms with van der Waals surface area (Å²) in [6, 6.07) is 7.95. The molecule has 23 heavy (non-hydrogen) atoms. The second kappa shape index (κ2) is 6.84. The number of nitrogens with one attached hydrogen (secondary N) is 2. The molecule has 2 heterocycles. The Morgan fingerprint density at radius 1 is 1.39 bits per heavy atom. The van der Waals surface area contributed by atoms with Gasteiger partial charge in [-0.05, 0) is 73.4 Å². The minimum atomic E-state index is -0.0280. The summed E-state index contributed by atoms with van der Waals surface area (Å²) in [6.07, 6.45) is 2.32. The first kappa shape index (κ1) is 16.2. The summed E-state index contributed by atoms with van der Waals surface area (Å²) in [5.41, 5.74) is 3.62. The lowest BCUT2D eigenvalue weighted by Gasteiger charge is -2.12. The van der Waals surface area contributed by atoms with Gasteiger partial charge in [-0.15, -0.1) is 0 Å². The van der Waals surface area contributed by atoms with Crippen molar-refractivity contribution >= 4 is 21.8 Å². The van der Waals surface area contributed by atoms with Crippen LogP contribution in [0.5, 0.6) is 0 Å². The van der Waals surface area contributed by atoms with Crippen molar-refractivity contribution in [3.63, 3.8) is 0 Å². The maximum absolute atomic E-state index is 12.2. The zero-order valence-corrected chi connectivity index (χ0v) is 15.0. The van der Waals surface area contributed by atoms with Gasteiger partial charge < -0.3 is 10.6 Å². The van der Waals surface area contributed by atoms with E-state index in [-0.39, 0.29) is 5.91 Å². The molecule has 3 rings (SSSR count). The zero-order valence-electron chi connectivity index (χ0n) is 13.4. The lowest BCUT2D eigenvalue weighted by Crippen LogP contribution is -2.37. The van der Waals surface area contributed by atoms with E-state index in [1.165, 1.54) is 6.42 Å². The number of nitrogens with zero attached hydrogens (tertiary/aromatic N) is 2. The summed E-state index contributed by atoms with van der Waals surface area (Å²) in [4.78, 5) is 12.2. The molecule has 1 aromatic heterocycles. The van der Waals surface area contributed by atoms with Gasteiger partial charge in [0.15, 0.2) is 0 Å². The third-order valence-corrected chi connectivity index (χ3v) is 5.40. The summed E-state index contributed by atoms with van der Waals surface area (Å²) < 4.78 is 2.90. The van der Waals surface area contributed by atoms with Crippen LogP contribution in [0, 0.1) is 13.8 Å². The molecule has 6 heteroatoms. The third-order valence-electron chi connectivity index (χ3n) is 4.25. The van der Waals surface area contributed by atoms with Crippen LogP contribution in [0.3, 0.4) is 0 Å². The van der Waals surface area contributed by atoms with Crippen molar-refractivity contribution in [3.8, 4) is 5.69 Å². The first-order valence-corrected chi connectivity index (χ1v) is 8.69. The van der Waals surface area contributed by atoms with Crippen molar-refractivity contribution in [1.29, 1.82) is 0 Å². The molecule has 1 unspecified atom stereocenters. The summed E-state index contributed by atoms with van der Waals surface area (Å²) >= 11 is 3.53. The lowest BCUT2D eigenvalue weighted by molar-refractivity contribution is 0.0950. The zero-order chi connectivity index (χ0) is 16.4. The monoisotopic (exact) mass is 376 g/mol. The molecule has 122 valence electrons. The minimum Gasteiger partial charge on any atom is -0.350 e. The molecule has 0 spiro atoms. The number of aromatic nitrogens is 2. The Balaban J connectivity index is 1.68. The van der Waals surface area contributed by atoms with E-state index in [2.05, 4.69) is 31.7 Å². The van der Waals surface area contributed by atoms with Gasteiger partial charge in [-0.2, -0.15) is 5.10 Å². The van der Waals surface area contributed by atoms with Crippen LogP contribution in [0.25, 0.3) is 5.69 Å². The first-order chi connectivity index (χ1) is 11.1. The van der Waals surface area contributed by atoms with Crippen molar-refractivity contribution in [3.05, 3.63) is 45.7 Å². The standard InChI is InChI=1S/C17H21BrN4O/c1-11-16(18)12(2)22(21-11)15-7-5-13(6-8-15)17(23)20-10-14-4-3-9-19-14/h5-8,14,19H,3-4,9-10H2,1-2H3,(H,20,23). The normalized spacial score (nSPS) is 17.4. The average Bonchev–Trinajstić information content (AvgIpc) is 3.17. The molecule has 1 aliphatic rings. The highest BCUT2D eigenvalue weighted by molar-refractivity contribution is 9.10. The molecule has 0 aliphatic carbocycles. The summed E-state index contributed by atoms with van der Waals surface area (Å²) in [6.45, 7) is 5.71. The van der Waals surface area contributed by atoms with Gasteiger partial charge in [-0.25, -0.2) is 4.68 Å². The number of hydrogen-bond donors (Lipinski definition) is 2. The third kappa shape index (κ3) is 3.48. The second-order valence-electron chi connectivity index (χ2n) is 5.95. The van der Waals surface area contributed by atoms with Gasteiger partial charge in [0.05, 0.1) is 21.5 Å². The molecule has 1 amide bonds. The number of benzene rings is 1. The van der Waals surface area contributed by atoms with E-state index >= 15 is 0 Å².